The van der Waals surface area contributed by atoms with Crippen LogP contribution in [-0.4, -0.2) is 12.7 Å². The predicted molar refractivity (Wildman–Crippen MR) is 77.2 cm³/mol. The van der Waals surface area contributed by atoms with Crippen LogP contribution in [0.2, 0.25) is 0 Å². The third-order valence-corrected chi connectivity index (χ3v) is 2.99. The Morgan fingerprint density at radius 2 is 1.88 bits per heavy atom. The van der Waals surface area contributed by atoms with Gasteiger partial charge >= 0.3 is 0 Å². The van der Waals surface area contributed by atoms with Crippen LogP contribution in [0.5, 0.6) is 0 Å². The van der Waals surface area contributed by atoms with Crippen LogP contribution in [0.1, 0.15) is 54.4 Å². The summed E-state index contributed by atoms with van der Waals surface area (Å²) in [6.45, 7) is 13.1. The van der Waals surface area contributed by atoms with Crippen LogP contribution < -0.4 is 0 Å². The Balaban J connectivity index is 0.000000581. The number of hydrogen-bond donors (Lipinski definition) is 0. The summed E-state index contributed by atoms with van der Waals surface area (Å²) in [4.78, 5) is 0. The Morgan fingerprint density at radius 3 is 2.41 bits per heavy atom. The fourth-order valence-corrected chi connectivity index (χ4v) is 1.68. The summed E-state index contributed by atoms with van der Waals surface area (Å²) in [5, 5.41) is 0. The summed E-state index contributed by atoms with van der Waals surface area (Å²) >= 11 is 0. The van der Waals surface area contributed by atoms with Crippen molar-refractivity contribution < 1.29 is 4.74 Å². The summed E-state index contributed by atoms with van der Waals surface area (Å²) < 4.78 is 5.68. The van der Waals surface area contributed by atoms with E-state index in [0.717, 1.165) is 24.9 Å². The van der Waals surface area contributed by atoms with E-state index in [9.17, 15) is 0 Å². The average molecular weight is 238 g/mol. The van der Waals surface area contributed by atoms with Crippen LogP contribution >= 0.6 is 0 Å². The first-order valence-electron chi connectivity index (χ1n) is 7.30. The van der Waals surface area contributed by atoms with Gasteiger partial charge in [-0.1, -0.05) is 52.8 Å². The summed E-state index contributed by atoms with van der Waals surface area (Å²) in [7, 11) is 0. The molecule has 0 amide bonds. The third kappa shape index (κ3) is 6.07. The maximum absolute atomic E-state index is 5.68. The molecule has 1 fully saturated rings. The lowest BCUT2D eigenvalue weighted by molar-refractivity contribution is 0.0820. The van der Waals surface area contributed by atoms with Crippen molar-refractivity contribution in [1.29, 1.82) is 0 Å². The van der Waals surface area contributed by atoms with E-state index in [-0.39, 0.29) is 0 Å². The minimum atomic E-state index is 0.395. The summed E-state index contributed by atoms with van der Waals surface area (Å²) in [6, 6.07) is 0. The highest BCUT2D eigenvalue weighted by molar-refractivity contribution is 5.30. The number of rotatable bonds is 4. The minimum absolute atomic E-state index is 0.395. The molecule has 0 aromatic rings. The van der Waals surface area contributed by atoms with E-state index in [1.165, 1.54) is 12.0 Å². The summed E-state index contributed by atoms with van der Waals surface area (Å²) in [6.07, 6.45) is 9.81. The van der Waals surface area contributed by atoms with Crippen LogP contribution in [0.3, 0.4) is 0 Å². The van der Waals surface area contributed by atoms with Gasteiger partial charge < -0.3 is 4.74 Å². The molecule has 0 heterocycles. The SMILES string of the molecule is CC.CC.CCC(C)OCC1=CC2CC2C=C1. The Labute approximate surface area is 108 Å². The Kier molecular flexibility index (Phi) is 9.16. The topological polar surface area (TPSA) is 9.23 Å². The first-order valence-corrected chi connectivity index (χ1v) is 7.30. The van der Waals surface area contributed by atoms with Crippen molar-refractivity contribution in [2.75, 3.05) is 6.61 Å². The van der Waals surface area contributed by atoms with Crippen LogP contribution in [-0.2, 0) is 4.74 Å². The summed E-state index contributed by atoms with van der Waals surface area (Å²) in [5.74, 6) is 1.72. The van der Waals surface area contributed by atoms with Gasteiger partial charge in [0.05, 0.1) is 12.7 Å². The smallest absolute Gasteiger partial charge is 0.0717 e. The highest BCUT2D eigenvalue weighted by Gasteiger charge is 2.34. The molecule has 0 aromatic carbocycles. The van der Waals surface area contributed by atoms with E-state index < -0.39 is 0 Å². The zero-order valence-electron chi connectivity index (χ0n) is 12.5. The lowest BCUT2D eigenvalue weighted by Gasteiger charge is -2.12. The predicted octanol–water partition coefficient (Wildman–Crippen LogP) is 4.99. The first kappa shape index (κ1) is 16.4. The maximum Gasteiger partial charge on any atom is 0.0717 e. The second-order valence-electron chi connectivity index (χ2n) is 4.19. The Morgan fingerprint density at radius 1 is 1.24 bits per heavy atom. The maximum atomic E-state index is 5.68. The van der Waals surface area contributed by atoms with Gasteiger partial charge in [-0.05, 0) is 37.2 Å². The van der Waals surface area contributed by atoms with Crippen molar-refractivity contribution in [3.8, 4) is 0 Å². The lowest BCUT2D eigenvalue weighted by atomic mass is 10.1. The van der Waals surface area contributed by atoms with Gasteiger partial charge in [-0.25, -0.2) is 0 Å². The fraction of sp³-hybridized carbons (Fsp3) is 0.750. The molecule has 2 aliphatic rings. The molecule has 0 N–H and O–H groups in total. The fourth-order valence-electron chi connectivity index (χ4n) is 1.68. The monoisotopic (exact) mass is 238 g/mol. The molecular formula is C16H30O. The Bertz CT molecular complexity index is 240. The van der Waals surface area contributed by atoms with E-state index in [1.54, 1.807) is 0 Å². The lowest BCUT2D eigenvalue weighted by Crippen LogP contribution is -2.09. The zero-order valence-corrected chi connectivity index (χ0v) is 12.5. The normalized spacial score (nSPS) is 25.4. The summed E-state index contributed by atoms with van der Waals surface area (Å²) in [5.41, 5.74) is 1.37. The van der Waals surface area contributed by atoms with Gasteiger partial charge in [-0.2, -0.15) is 0 Å². The van der Waals surface area contributed by atoms with Crippen LogP contribution in [0.15, 0.2) is 23.8 Å². The van der Waals surface area contributed by atoms with Gasteiger partial charge in [0.15, 0.2) is 0 Å². The number of hydrogen-bond acceptors (Lipinski definition) is 1. The van der Waals surface area contributed by atoms with Crippen molar-refractivity contribution >= 4 is 0 Å². The Hall–Kier alpha value is -0.560. The van der Waals surface area contributed by atoms with E-state index >= 15 is 0 Å². The van der Waals surface area contributed by atoms with E-state index in [1.807, 2.05) is 27.7 Å². The molecular weight excluding hydrogens is 208 g/mol. The molecule has 0 radical (unpaired) electrons. The van der Waals surface area contributed by atoms with Gasteiger partial charge in [0.2, 0.25) is 0 Å². The van der Waals surface area contributed by atoms with Crippen LogP contribution in [0.25, 0.3) is 0 Å². The van der Waals surface area contributed by atoms with E-state index in [4.69, 9.17) is 4.74 Å². The van der Waals surface area contributed by atoms with Crippen molar-refractivity contribution in [2.45, 2.75) is 60.5 Å². The van der Waals surface area contributed by atoms with E-state index in [0.29, 0.717) is 6.10 Å². The molecule has 0 spiro atoms. The number of ether oxygens (including phenoxy) is 1. The van der Waals surface area contributed by atoms with Crippen LogP contribution in [0, 0.1) is 11.8 Å². The second kappa shape index (κ2) is 9.47. The van der Waals surface area contributed by atoms with Crippen LogP contribution in [0.4, 0.5) is 0 Å². The van der Waals surface area contributed by atoms with Crippen molar-refractivity contribution in [2.24, 2.45) is 11.8 Å². The molecule has 1 saturated carbocycles. The largest absolute Gasteiger partial charge is 0.374 e. The standard InChI is InChI=1S/C12H18O.2C2H6/c1-3-9(2)13-8-10-4-5-11-7-12(11)6-10;2*1-2/h4-6,9,11-12H,3,7-8H2,1-2H3;2*1-2H3. The second-order valence-corrected chi connectivity index (χ2v) is 4.19. The molecule has 3 unspecified atom stereocenters. The highest BCUT2D eigenvalue weighted by Crippen LogP contribution is 2.44. The first-order chi connectivity index (χ1) is 8.29. The molecule has 17 heavy (non-hydrogen) atoms. The molecule has 0 aromatic heterocycles. The van der Waals surface area contributed by atoms with Gasteiger partial charge in [-0.3, -0.25) is 0 Å². The van der Waals surface area contributed by atoms with Crippen molar-refractivity contribution in [3.05, 3.63) is 23.8 Å². The van der Waals surface area contributed by atoms with Gasteiger partial charge in [-0.15, -0.1) is 0 Å². The molecule has 0 bridgehead atoms. The zero-order chi connectivity index (χ0) is 13.3. The average Bonchev–Trinajstić information content (AvgIpc) is 3.19. The van der Waals surface area contributed by atoms with Crippen molar-refractivity contribution in [3.63, 3.8) is 0 Å². The van der Waals surface area contributed by atoms with Gasteiger partial charge in [0.1, 0.15) is 0 Å². The van der Waals surface area contributed by atoms with Crippen molar-refractivity contribution in [1.82, 2.24) is 0 Å². The molecule has 1 nitrogen and oxygen atoms in total. The number of allylic oxidation sites excluding steroid dienone is 2. The third-order valence-electron chi connectivity index (χ3n) is 2.99. The quantitative estimate of drug-likeness (QED) is 0.670. The molecule has 0 saturated heterocycles. The molecule has 2 rings (SSSR count). The molecule has 1 heteroatoms. The van der Waals surface area contributed by atoms with E-state index in [2.05, 4.69) is 32.1 Å². The molecule has 0 aliphatic heterocycles. The molecule has 3 atom stereocenters. The molecule has 2 aliphatic carbocycles. The minimum Gasteiger partial charge on any atom is -0.374 e. The van der Waals surface area contributed by atoms with Gasteiger partial charge in [0, 0.05) is 0 Å². The molecule has 100 valence electrons. The highest BCUT2D eigenvalue weighted by atomic mass is 16.5. The number of fused-ring (bicyclic) bond motifs is 1. The van der Waals surface area contributed by atoms with Gasteiger partial charge in [0.25, 0.3) is 0 Å².